The number of likely N-dealkylation sites (N-methyl/N-ethyl adjacent to an activating group) is 1. The molecule has 0 bridgehead atoms. The Labute approximate surface area is 128 Å². The van der Waals surface area contributed by atoms with Crippen LogP contribution in [0.5, 0.6) is 5.75 Å². The summed E-state index contributed by atoms with van der Waals surface area (Å²) in [5.41, 5.74) is 2.27. The molecule has 0 heterocycles. The molecule has 21 heavy (non-hydrogen) atoms. The van der Waals surface area contributed by atoms with Crippen LogP contribution in [0.25, 0.3) is 0 Å². The predicted molar refractivity (Wildman–Crippen MR) is 86.5 cm³/mol. The lowest BCUT2D eigenvalue weighted by Gasteiger charge is -2.23. The highest BCUT2D eigenvalue weighted by Crippen LogP contribution is 2.20. The van der Waals surface area contributed by atoms with Gasteiger partial charge < -0.3 is 15.0 Å². The van der Waals surface area contributed by atoms with E-state index < -0.39 is 0 Å². The maximum absolute atomic E-state index is 12.3. The Morgan fingerprint density at radius 3 is 2.52 bits per heavy atom. The van der Waals surface area contributed by atoms with Gasteiger partial charge in [-0.25, -0.2) is 0 Å². The Hall–Kier alpha value is -1.55. The van der Waals surface area contributed by atoms with E-state index in [0.29, 0.717) is 12.5 Å². The summed E-state index contributed by atoms with van der Waals surface area (Å²) in [6.45, 7) is 6.94. The molecule has 0 aromatic heterocycles. The summed E-state index contributed by atoms with van der Waals surface area (Å²) in [6.07, 6.45) is 0.825. The third-order valence-electron chi connectivity index (χ3n) is 3.42. The molecule has 1 unspecified atom stereocenters. The number of amides is 1. The number of ether oxygens (including phenoxy) is 1. The molecule has 0 aliphatic rings. The number of methoxy groups -OCH3 is 1. The molecule has 118 valence electrons. The lowest BCUT2D eigenvalue weighted by atomic mass is 10.0. The summed E-state index contributed by atoms with van der Waals surface area (Å²) in [6, 6.07) is 5.93. The molecule has 1 aromatic carbocycles. The molecule has 0 fully saturated rings. The average molecular weight is 292 g/mol. The van der Waals surface area contributed by atoms with Gasteiger partial charge in [0.1, 0.15) is 5.75 Å². The van der Waals surface area contributed by atoms with Gasteiger partial charge in [0.05, 0.1) is 13.2 Å². The highest BCUT2D eigenvalue weighted by atomic mass is 16.5. The molecular formula is C17H28N2O2. The van der Waals surface area contributed by atoms with Crippen LogP contribution in [0.4, 0.5) is 0 Å². The summed E-state index contributed by atoms with van der Waals surface area (Å²) in [4.78, 5) is 13.9. The van der Waals surface area contributed by atoms with Crippen LogP contribution in [0.3, 0.4) is 0 Å². The summed E-state index contributed by atoms with van der Waals surface area (Å²) < 4.78 is 5.39. The van der Waals surface area contributed by atoms with Gasteiger partial charge in [-0.1, -0.05) is 31.5 Å². The molecule has 0 saturated carbocycles. The number of benzene rings is 1. The van der Waals surface area contributed by atoms with Crippen molar-refractivity contribution in [2.45, 2.75) is 39.8 Å². The number of hydrogen-bond acceptors (Lipinski definition) is 3. The second-order valence-corrected chi connectivity index (χ2v) is 6.11. The highest BCUT2D eigenvalue weighted by molar-refractivity contribution is 5.81. The lowest BCUT2D eigenvalue weighted by Crippen LogP contribution is -2.44. The quantitative estimate of drug-likeness (QED) is 0.840. The van der Waals surface area contributed by atoms with Crippen molar-refractivity contribution in [1.82, 2.24) is 10.2 Å². The summed E-state index contributed by atoms with van der Waals surface area (Å²) in [7, 11) is 5.26. The van der Waals surface area contributed by atoms with E-state index in [1.54, 1.807) is 26.1 Å². The number of rotatable bonds is 7. The number of nitrogens with one attached hydrogen (secondary N) is 1. The van der Waals surface area contributed by atoms with E-state index in [1.165, 1.54) is 5.56 Å². The maximum atomic E-state index is 12.3. The molecule has 0 spiro atoms. The van der Waals surface area contributed by atoms with Crippen LogP contribution in [0.15, 0.2) is 18.2 Å². The van der Waals surface area contributed by atoms with Gasteiger partial charge in [-0.2, -0.15) is 0 Å². The normalized spacial score (nSPS) is 12.3. The van der Waals surface area contributed by atoms with E-state index in [4.69, 9.17) is 4.74 Å². The van der Waals surface area contributed by atoms with Crippen molar-refractivity contribution in [3.05, 3.63) is 29.3 Å². The highest BCUT2D eigenvalue weighted by Gasteiger charge is 2.21. The minimum absolute atomic E-state index is 0.121. The number of hydrogen-bond donors (Lipinski definition) is 1. The van der Waals surface area contributed by atoms with E-state index in [1.807, 2.05) is 12.1 Å². The largest absolute Gasteiger partial charge is 0.496 e. The first-order valence-corrected chi connectivity index (χ1v) is 7.43. The fourth-order valence-electron chi connectivity index (χ4n) is 2.33. The van der Waals surface area contributed by atoms with Crippen molar-refractivity contribution >= 4 is 5.91 Å². The fourth-order valence-corrected chi connectivity index (χ4v) is 2.33. The van der Waals surface area contributed by atoms with Gasteiger partial charge in [0, 0.05) is 26.2 Å². The molecule has 0 aliphatic carbocycles. The Morgan fingerprint density at radius 2 is 2.00 bits per heavy atom. The monoisotopic (exact) mass is 292 g/mol. The van der Waals surface area contributed by atoms with Crippen LogP contribution in [0.2, 0.25) is 0 Å². The maximum Gasteiger partial charge on any atom is 0.239 e. The second kappa shape index (κ2) is 8.03. The molecule has 1 atom stereocenters. The van der Waals surface area contributed by atoms with Gasteiger partial charge >= 0.3 is 0 Å². The average Bonchev–Trinajstić information content (AvgIpc) is 2.42. The fraction of sp³-hybridized carbons (Fsp3) is 0.588. The van der Waals surface area contributed by atoms with Crippen LogP contribution in [0.1, 0.15) is 31.4 Å². The third-order valence-corrected chi connectivity index (χ3v) is 3.42. The molecule has 0 radical (unpaired) electrons. The number of carbonyl (C=O) groups excluding carboxylic acids is 1. The zero-order valence-corrected chi connectivity index (χ0v) is 14.1. The van der Waals surface area contributed by atoms with Gasteiger partial charge in [0.2, 0.25) is 5.91 Å². The van der Waals surface area contributed by atoms with E-state index in [9.17, 15) is 4.79 Å². The van der Waals surface area contributed by atoms with Gasteiger partial charge in [-0.15, -0.1) is 0 Å². The van der Waals surface area contributed by atoms with Crippen molar-refractivity contribution in [2.75, 3.05) is 21.2 Å². The van der Waals surface area contributed by atoms with Crippen molar-refractivity contribution < 1.29 is 9.53 Å². The van der Waals surface area contributed by atoms with Crippen molar-refractivity contribution in [3.8, 4) is 5.75 Å². The lowest BCUT2D eigenvalue weighted by molar-refractivity contribution is -0.131. The predicted octanol–water partition coefficient (Wildman–Crippen LogP) is 2.60. The van der Waals surface area contributed by atoms with Gasteiger partial charge in [0.25, 0.3) is 0 Å². The number of nitrogens with zero attached hydrogens (tertiary/aromatic N) is 1. The third kappa shape index (κ3) is 5.38. The van der Waals surface area contributed by atoms with E-state index in [0.717, 1.165) is 17.7 Å². The first-order valence-electron chi connectivity index (χ1n) is 7.43. The van der Waals surface area contributed by atoms with Gasteiger partial charge in [-0.3, -0.25) is 4.79 Å². The van der Waals surface area contributed by atoms with E-state index >= 15 is 0 Å². The molecule has 4 nitrogen and oxygen atoms in total. The zero-order chi connectivity index (χ0) is 16.0. The van der Waals surface area contributed by atoms with Gasteiger partial charge in [-0.05, 0) is 25.3 Å². The Bertz CT molecular complexity index is 470. The molecule has 1 rings (SSSR count). The molecule has 1 aromatic rings. The van der Waals surface area contributed by atoms with Crippen molar-refractivity contribution in [3.63, 3.8) is 0 Å². The Balaban J connectivity index is 2.81. The minimum Gasteiger partial charge on any atom is -0.496 e. The molecule has 0 saturated heterocycles. The Morgan fingerprint density at radius 1 is 1.33 bits per heavy atom. The van der Waals surface area contributed by atoms with Crippen LogP contribution in [0, 0.1) is 12.8 Å². The van der Waals surface area contributed by atoms with Crippen LogP contribution in [-0.2, 0) is 11.3 Å². The molecule has 1 amide bonds. The minimum atomic E-state index is -0.162. The van der Waals surface area contributed by atoms with E-state index in [-0.39, 0.29) is 11.9 Å². The summed E-state index contributed by atoms with van der Waals surface area (Å²) in [5, 5.41) is 3.38. The number of aryl methyl sites for hydroxylation is 1. The first-order chi connectivity index (χ1) is 9.85. The summed E-state index contributed by atoms with van der Waals surface area (Å²) >= 11 is 0. The molecule has 0 aliphatic heterocycles. The summed E-state index contributed by atoms with van der Waals surface area (Å²) in [5.74, 6) is 1.44. The topological polar surface area (TPSA) is 41.6 Å². The SMILES string of the molecule is COc1ccc(C)cc1CNC(CC(C)C)C(=O)N(C)C. The first kappa shape index (κ1) is 17.5. The second-order valence-electron chi connectivity index (χ2n) is 6.11. The van der Waals surface area contributed by atoms with Crippen molar-refractivity contribution in [2.24, 2.45) is 5.92 Å². The van der Waals surface area contributed by atoms with Crippen LogP contribution < -0.4 is 10.1 Å². The van der Waals surface area contributed by atoms with Crippen LogP contribution >= 0.6 is 0 Å². The molecular weight excluding hydrogens is 264 g/mol. The standard InChI is InChI=1S/C17H28N2O2/c1-12(2)9-15(17(20)19(4)5)18-11-14-10-13(3)7-8-16(14)21-6/h7-8,10,12,15,18H,9,11H2,1-6H3. The smallest absolute Gasteiger partial charge is 0.239 e. The molecule has 4 heteroatoms. The van der Waals surface area contributed by atoms with Crippen molar-refractivity contribution in [1.29, 1.82) is 0 Å². The van der Waals surface area contributed by atoms with Crippen LogP contribution in [-0.4, -0.2) is 38.1 Å². The zero-order valence-electron chi connectivity index (χ0n) is 14.1. The van der Waals surface area contributed by atoms with E-state index in [2.05, 4.69) is 32.2 Å². The Kier molecular flexibility index (Phi) is 6.69. The van der Waals surface area contributed by atoms with Gasteiger partial charge in [0.15, 0.2) is 0 Å². The number of carbonyl (C=O) groups is 1. The molecule has 1 N–H and O–H groups in total.